The van der Waals surface area contributed by atoms with Crippen LogP contribution in [0, 0.1) is 5.92 Å². The third-order valence-corrected chi connectivity index (χ3v) is 1.61. The van der Waals surface area contributed by atoms with Gasteiger partial charge in [0.2, 0.25) is 0 Å². The van der Waals surface area contributed by atoms with Gasteiger partial charge < -0.3 is 0 Å². The molecule has 78 valence electrons. The van der Waals surface area contributed by atoms with E-state index in [2.05, 4.69) is 34.8 Å². The minimum Gasteiger partial charge on any atom is -0.269 e. The molecule has 0 heterocycles. The van der Waals surface area contributed by atoms with Crippen LogP contribution in [0.3, 0.4) is 0 Å². The molecule has 0 aromatic heterocycles. The summed E-state index contributed by atoms with van der Waals surface area (Å²) in [5.41, 5.74) is 1.15. The lowest BCUT2D eigenvalue weighted by molar-refractivity contribution is 0.907. The van der Waals surface area contributed by atoms with E-state index in [-0.39, 0.29) is 0 Å². The van der Waals surface area contributed by atoms with Gasteiger partial charge in [-0.15, -0.1) is 0 Å². The minimum atomic E-state index is 0.507. The van der Waals surface area contributed by atoms with E-state index in [1.165, 1.54) is 0 Å². The SMILES string of the molecule is C\C(Br)=C/C=C\C(C)=C\N=CC(C)C. The lowest BCUT2D eigenvalue weighted by Crippen LogP contribution is -1.84. The van der Waals surface area contributed by atoms with Crippen LogP contribution in [-0.2, 0) is 0 Å². The Bertz CT molecular complexity index is 266. The number of rotatable bonds is 4. The third-order valence-electron chi connectivity index (χ3n) is 1.35. The van der Waals surface area contributed by atoms with Crippen LogP contribution in [0.5, 0.6) is 0 Å². The minimum absolute atomic E-state index is 0.507. The van der Waals surface area contributed by atoms with Crippen molar-refractivity contribution in [3.8, 4) is 0 Å². The van der Waals surface area contributed by atoms with Crippen molar-refractivity contribution in [1.82, 2.24) is 0 Å². The first kappa shape index (κ1) is 13.4. The van der Waals surface area contributed by atoms with Crippen molar-refractivity contribution >= 4 is 22.1 Å². The van der Waals surface area contributed by atoms with E-state index in [0.717, 1.165) is 10.1 Å². The summed E-state index contributed by atoms with van der Waals surface area (Å²) in [6.07, 6.45) is 9.84. The van der Waals surface area contributed by atoms with Crippen molar-refractivity contribution < 1.29 is 0 Å². The quantitative estimate of drug-likeness (QED) is 0.519. The second kappa shape index (κ2) is 7.74. The van der Waals surface area contributed by atoms with E-state index in [4.69, 9.17) is 0 Å². The molecule has 14 heavy (non-hydrogen) atoms. The van der Waals surface area contributed by atoms with Crippen LogP contribution in [0.2, 0.25) is 0 Å². The summed E-state index contributed by atoms with van der Waals surface area (Å²) in [5.74, 6) is 0.507. The molecule has 0 amide bonds. The van der Waals surface area contributed by atoms with Crippen molar-refractivity contribution in [1.29, 1.82) is 0 Å². The number of hydrogen-bond donors (Lipinski definition) is 0. The zero-order valence-electron chi connectivity index (χ0n) is 9.29. The molecular formula is C12H18BrN. The molecule has 0 aromatic rings. The van der Waals surface area contributed by atoms with Gasteiger partial charge in [0.1, 0.15) is 0 Å². The molecule has 1 nitrogen and oxygen atoms in total. The van der Waals surface area contributed by atoms with Crippen molar-refractivity contribution in [2.24, 2.45) is 10.9 Å². The van der Waals surface area contributed by atoms with E-state index in [1.807, 2.05) is 44.5 Å². The van der Waals surface area contributed by atoms with Gasteiger partial charge in [-0.3, -0.25) is 4.99 Å². The van der Waals surface area contributed by atoms with Gasteiger partial charge in [-0.1, -0.05) is 48.0 Å². The zero-order valence-corrected chi connectivity index (χ0v) is 10.9. The summed E-state index contributed by atoms with van der Waals surface area (Å²) in [6, 6.07) is 0. The molecule has 0 aliphatic carbocycles. The Morgan fingerprint density at radius 2 is 1.93 bits per heavy atom. The molecule has 0 N–H and O–H groups in total. The summed E-state index contributed by atoms with van der Waals surface area (Å²) in [4.78, 5) is 4.20. The fraction of sp³-hybridized carbons (Fsp3) is 0.417. The lowest BCUT2D eigenvalue weighted by atomic mass is 10.2. The molecule has 0 atom stereocenters. The molecule has 0 spiro atoms. The molecule has 0 aromatic carbocycles. The molecule has 0 radical (unpaired) electrons. The molecule has 0 bridgehead atoms. The molecule has 0 saturated carbocycles. The molecule has 0 unspecified atom stereocenters. The number of aliphatic imine (C=N–C) groups is 1. The first-order valence-electron chi connectivity index (χ1n) is 4.73. The Morgan fingerprint density at radius 1 is 1.29 bits per heavy atom. The van der Waals surface area contributed by atoms with E-state index >= 15 is 0 Å². The normalized spacial score (nSPS) is 15.0. The fourth-order valence-corrected chi connectivity index (χ4v) is 0.861. The van der Waals surface area contributed by atoms with Crippen LogP contribution >= 0.6 is 15.9 Å². The third kappa shape index (κ3) is 9.46. The Morgan fingerprint density at radius 3 is 2.43 bits per heavy atom. The van der Waals surface area contributed by atoms with Gasteiger partial charge in [-0.05, 0) is 29.8 Å². The van der Waals surface area contributed by atoms with E-state index in [1.54, 1.807) is 0 Å². The topological polar surface area (TPSA) is 12.4 Å². The number of hydrogen-bond acceptors (Lipinski definition) is 1. The second-order valence-corrected chi connectivity index (χ2v) is 4.78. The Hall–Kier alpha value is -0.630. The molecule has 0 aliphatic heterocycles. The van der Waals surface area contributed by atoms with Gasteiger partial charge in [-0.25, -0.2) is 0 Å². The Labute approximate surface area is 95.4 Å². The molecule has 0 saturated heterocycles. The van der Waals surface area contributed by atoms with Crippen molar-refractivity contribution in [3.63, 3.8) is 0 Å². The second-order valence-electron chi connectivity index (χ2n) is 3.53. The maximum atomic E-state index is 4.20. The van der Waals surface area contributed by atoms with Crippen LogP contribution in [0.4, 0.5) is 0 Å². The first-order chi connectivity index (χ1) is 6.52. The maximum Gasteiger partial charge on any atom is 0.0293 e. The average molecular weight is 256 g/mol. The van der Waals surface area contributed by atoms with Gasteiger partial charge in [0.05, 0.1) is 0 Å². The molecule has 0 aliphatic rings. The lowest BCUT2D eigenvalue weighted by Gasteiger charge is -1.90. The molecule has 2 heteroatoms. The van der Waals surface area contributed by atoms with Gasteiger partial charge in [0.25, 0.3) is 0 Å². The highest BCUT2D eigenvalue weighted by Gasteiger charge is 1.82. The van der Waals surface area contributed by atoms with Crippen LogP contribution < -0.4 is 0 Å². The van der Waals surface area contributed by atoms with E-state index in [9.17, 15) is 0 Å². The zero-order chi connectivity index (χ0) is 11.0. The van der Waals surface area contributed by atoms with Gasteiger partial charge >= 0.3 is 0 Å². The highest BCUT2D eigenvalue weighted by molar-refractivity contribution is 9.11. The van der Waals surface area contributed by atoms with E-state index < -0.39 is 0 Å². The number of allylic oxidation sites excluding steroid dienone is 5. The predicted octanol–water partition coefficient (Wildman–Crippen LogP) is 4.47. The average Bonchev–Trinajstić information content (AvgIpc) is 2.02. The highest BCUT2D eigenvalue weighted by Crippen LogP contribution is 2.03. The standard InChI is InChI=1S/C12H18BrN/c1-10(2)8-14-9-11(3)6-5-7-12(4)13/h5-10H,1-4H3/b6-5-,11-9+,12-7+,14-8?. The van der Waals surface area contributed by atoms with E-state index in [0.29, 0.717) is 5.92 Å². The fourth-order valence-electron chi connectivity index (χ4n) is 0.708. The largest absolute Gasteiger partial charge is 0.269 e. The first-order valence-corrected chi connectivity index (χ1v) is 5.52. The summed E-state index contributed by atoms with van der Waals surface area (Å²) >= 11 is 3.36. The van der Waals surface area contributed by atoms with Crippen LogP contribution in [0.25, 0.3) is 0 Å². The Balaban J connectivity index is 4.14. The van der Waals surface area contributed by atoms with Crippen LogP contribution in [0.15, 0.2) is 39.5 Å². The number of halogens is 1. The predicted molar refractivity (Wildman–Crippen MR) is 68.9 cm³/mol. The van der Waals surface area contributed by atoms with Gasteiger partial charge in [0.15, 0.2) is 0 Å². The molecular weight excluding hydrogens is 238 g/mol. The summed E-state index contributed by atoms with van der Waals surface area (Å²) in [7, 11) is 0. The molecule has 0 fully saturated rings. The molecule has 0 rings (SSSR count). The summed E-state index contributed by atoms with van der Waals surface area (Å²) in [6.45, 7) is 8.25. The number of nitrogens with zero attached hydrogens (tertiary/aromatic N) is 1. The van der Waals surface area contributed by atoms with Crippen molar-refractivity contribution in [2.45, 2.75) is 27.7 Å². The monoisotopic (exact) mass is 255 g/mol. The maximum absolute atomic E-state index is 4.20. The van der Waals surface area contributed by atoms with Gasteiger partial charge in [0, 0.05) is 12.4 Å². The smallest absolute Gasteiger partial charge is 0.0293 e. The summed E-state index contributed by atoms with van der Waals surface area (Å²) < 4.78 is 1.12. The van der Waals surface area contributed by atoms with Crippen molar-refractivity contribution in [2.75, 3.05) is 0 Å². The Kier molecular flexibility index (Phi) is 7.40. The van der Waals surface area contributed by atoms with Crippen LogP contribution in [0.1, 0.15) is 27.7 Å². The van der Waals surface area contributed by atoms with Crippen molar-refractivity contribution in [3.05, 3.63) is 34.5 Å². The summed E-state index contributed by atoms with van der Waals surface area (Å²) in [5, 5.41) is 0. The van der Waals surface area contributed by atoms with Crippen LogP contribution in [-0.4, -0.2) is 6.21 Å². The van der Waals surface area contributed by atoms with Gasteiger partial charge in [-0.2, -0.15) is 0 Å². The highest BCUT2D eigenvalue weighted by atomic mass is 79.9.